The van der Waals surface area contributed by atoms with E-state index in [9.17, 15) is 0 Å². The SMILES string of the molecule is CNC(C)(C)c1cncn1C1CCc2ccccc2C1. The zero-order chi connectivity index (χ0) is 14.2. The highest BCUT2D eigenvalue weighted by Crippen LogP contribution is 2.32. The minimum atomic E-state index is -0.0481. The van der Waals surface area contributed by atoms with Gasteiger partial charge in [0.15, 0.2) is 0 Å². The maximum atomic E-state index is 4.39. The van der Waals surface area contributed by atoms with Gasteiger partial charge in [-0.25, -0.2) is 4.98 Å². The molecular weight excluding hydrogens is 246 g/mol. The van der Waals surface area contributed by atoms with E-state index in [4.69, 9.17) is 0 Å². The third-order valence-corrected chi connectivity index (χ3v) is 4.65. The van der Waals surface area contributed by atoms with Gasteiger partial charge in [-0.3, -0.25) is 0 Å². The highest BCUT2D eigenvalue weighted by Gasteiger charge is 2.27. The molecule has 1 aromatic carbocycles. The molecule has 1 N–H and O–H groups in total. The Bertz CT molecular complexity index is 598. The van der Waals surface area contributed by atoms with Crippen molar-refractivity contribution in [2.24, 2.45) is 0 Å². The maximum Gasteiger partial charge on any atom is 0.0951 e. The molecule has 0 amide bonds. The second-order valence-corrected chi connectivity index (χ2v) is 6.23. The summed E-state index contributed by atoms with van der Waals surface area (Å²) in [5, 5.41) is 3.38. The van der Waals surface area contributed by atoms with Crippen LogP contribution in [0.25, 0.3) is 0 Å². The van der Waals surface area contributed by atoms with Gasteiger partial charge in [-0.05, 0) is 51.3 Å². The van der Waals surface area contributed by atoms with Gasteiger partial charge < -0.3 is 9.88 Å². The molecular formula is C17H23N3. The maximum absolute atomic E-state index is 4.39. The Labute approximate surface area is 121 Å². The van der Waals surface area contributed by atoms with E-state index in [0.29, 0.717) is 6.04 Å². The molecule has 3 nitrogen and oxygen atoms in total. The number of imidazole rings is 1. The van der Waals surface area contributed by atoms with Crippen LogP contribution in [0, 0.1) is 0 Å². The van der Waals surface area contributed by atoms with Gasteiger partial charge >= 0.3 is 0 Å². The normalized spacial score (nSPS) is 18.9. The topological polar surface area (TPSA) is 29.9 Å². The molecule has 1 unspecified atom stereocenters. The first-order valence-electron chi connectivity index (χ1n) is 7.40. The van der Waals surface area contributed by atoms with E-state index in [2.05, 4.69) is 53.0 Å². The van der Waals surface area contributed by atoms with Crippen LogP contribution in [-0.2, 0) is 18.4 Å². The first-order chi connectivity index (χ1) is 9.62. The molecule has 0 saturated carbocycles. The largest absolute Gasteiger partial charge is 0.329 e. The van der Waals surface area contributed by atoms with Crippen molar-refractivity contribution < 1.29 is 0 Å². The third-order valence-electron chi connectivity index (χ3n) is 4.65. The Hall–Kier alpha value is -1.61. The quantitative estimate of drug-likeness (QED) is 0.928. The fourth-order valence-electron chi connectivity index (χ4n) is 3.12. The van der Waals surface area contributed by atoms with Crippen molar-refractivity contribution >= 4 is 0 Å². The number of rotatable bonds is 3. The second-order valence-electron chi connectivity index (χ2n) is 6.23. The van der Waals surface area contributed by atoms with Crippen molar-refractivity contribution in [3.63, 3.8) is 0 Å². The van der Waals surface area contributed by atoms with E-state index in [1.807, 2.05) is 19.6 Å². The zero-order valence-corrected chi connectivity index (χ0v) is 12.6. The molecule has 20 heavy (non-hydrogen) atoms. The molecule has 0 radical (unpaired) electrons. The summed E-state index contributed by atoms with van der Waals surface area (Å²) in [5.74, 6) is 0. The molecule has 0 aliphatic heterocycles. The summed E-state index contributed by atoms with van der Waals surface area (Å²) in [5.41, 5.74) is 4.22. The van der Waals surface area contributed by atoms with Crippen LogP contribution >= 0.6 is 0 Å². The predicted octanol–water partition coefficient (Wildman–Crippen LogP) is 3.07. The van der Waals surface area contributed by atoms with Crippen LogP contribution < -0.4 is 5.32 Å². The zero-order valence-electron chi connectivity index (χ0n) is 12.6. The highest BCUT2D eigenvalue weighted by atomic mass is 15.1. The summed E-state index contributed by atoms with van der Waals surface area (Å²) >= 11 is 0. The Morgan fingerprint density at radius 1 is 1.25 bits per heavy atom. The molecule has 1 aliphatic carbocycles. The number of hydrogen-bond acceptors (Lipinski definition) is 2. The number of hydrogen-bond donors (Lipinski definition) is 1. The van der Waals surface area contributed by atoms with Crippen molar-refractivity contribution in [2.45, 2.75) is 44.7 Å². The van der Waals surface area contributed by atoms with Crippen molar-refractivity contribution in [1.82, 2.24) is 14.9 Å². The lowest BCUT2D eigenvalue weighted by atomic mass is 9.87. The number of aromatic nitrogens is 2. The van der Waals surface area contributed by atoms with Crippen LogP contribution in [0.3, 0.4) is 0 Å². The lowest BCUT2D eigenvalue weighted by molar-refractivity contribution is 0.362. The minimum Gasteiger partial charge on any atom is -0.329 e. The number of nitrogens with zero attached hydrogens (tertiary/aromatic N) is 2. The molecule has 0 bridgehead atoms. The average molecular weight is 269 g/mol. The molecule has 0 saturated heterocycles. The standard InChI is InChI=1S/C17H23N3/c1-17(2,18-3)16-11-19-12-20(16)15-9-8-13-6-4-5-7-14(13)10-15/h4-7,11-12,15,18H,8-10H2,1-3H3. The van der Waals surface area contributed by atoms with Crippen LogP contribution in [-0.4, -0.2) is 16.6 Å². The second kappa shape index (κ2) is 5.06. The molecule has 1 heterocycles. The highest BCUT2D eigenvalue weighted by molar-refractivity contribution is 5.30. The van der Waals surface area contributed by atoms with Gasteiger partial charge in [-0.2, -0.15) is 0 Å². The van der Waals surface area contributed by atoms with Crippen LogP contribution in [0.1, 0.15) is 43.1 Å². The minimum absolute atomic E-state index is 0.0481. The Balaban J connectivity index is 1.91. The molecule has 2 aromatic rings. The van der Waals surface area contributed by atoms with E-state index in [1.165, 1.54) is 29.7 Å². The Kier molecular flexibility index (Phi) is 3.38. The monoisotopic (exact) mass is 269 g/mol. The van der Waals surface area contributed by atoms with Gasteiger partial charge in [0, 0.05) is 6.04 Å². The third kappa shape index (κ3) is 2.27. The van der Waals surface area contributed by atoms with Crippen molar-refractivity contribution in [3.8, 4) is 0 Å². The molecule has 106 valence electrons. The summed E-state index contributed by atoms with van der Waals surface area (Å²) in [4.78, 5) is 4.39. The van der Waals surface area contributed by atoms with E-state index in [0.717, 1.165) is 6.42 Å². The van der Waals surface area contributed by atoms with E-state index < -0.39 is 0 Å². The van der Waals surface area contributed by atoms with Crippen molar-refractivity contribution in [3.05, 3.63) is 53.6 Å². The van der Waals surface area contributed by atoms with Gasteiger partial charge in [0.25, 0.3) is 0 Å². The van der Waals surface area contributed by atoms with Crippen LogP contribution in [0.2, 0.25) is 0 Å². The summed E-state index contributed by atoms with van der Waals surface area (Å²) in [6.07, 6.45) is 7.46. The summed E-state index contributed by atoms with van der Waals surface area (Å²) in [6, 6.07) is 9.34. The van der Waals surface area contributed by atoms with Gasteiger partial charge in [-0.15, -0.1) is 0 Å². The fourth-order valence-corrected chi connectivity index (χ4v) is 3.12. The van der Waals surface area contributed by atoms with Gasteiger partial charge in [-0.1, -0.05) is 24.3 Å². The van der Waals surface area contributed by atoms with Crippen molar-refractivity contribution in [1.29, 1.82) is 0 Å². The van der Waals surface area contributed by atoms with Crippen LogP contribution in [0.4, 0.5) is 0 Å². The molecule has 0 fully saturated rings. The predicted molar refractivity (Wildman–Crippen MR) is 81.8 cm³/mol. The van der Waals surface area contributed by atoms with Gasteiger partial charge in [0.05, 0.1) is 23.8 Å². The first kappa shape index (κ1) is 13.4. The van der Waals surface area contributed by atoms with Crippen LogP contribution in [0.15, 0.2) is 36.8 Å². The number of nitrogens with one attached hydrogen (secondary N) is 1. The summed E-state index contributed by atoms with van der Waals surface area (Å²) in [7, 11) is 2.01. The molecule has 1 atom stereocenters. The lowest BCUT2D eigenvalue weighted by Gasteiger charge is -2.32. The molecule has 3 rings (SSSR count). The van der Waals surface area contributed by atoms with Gasteiger partial charge in [0.1, 0.15) is 0 Å². The Morgan fingerprint density at radius 3 is 2.75 bits per heavy atom. The van der Waals surface area contributed by atoms with Gasteiger partial charge in [0.2, 0.25) is 0 Å². The smallest absolute Gasteiger partial charge is 0.0951 e. The average Bonchev–Trinajstić information content (AvgIpc) is 2.97. The number of aryl methyl sites for hydroxylation is 1. The lowest BCUT2D eigenvalue weighted by Crippen LogP contribution is -2.36. The molecule has 1 aliphatic rings. The number of fused-ring (bicyclic) bond motifs is 1. The van der Waals surface area contributed by atoms with E-state index in [-0.39, 0.29) is 5.54 Å². The summed E-state index contributed by atoms with van der Waals surface area (Å²) in [6.45, 7) is 4.41. The molecule has 0 spiro atoms. The summed E-state index contributed by atoms with van der Waals surface area (Å²) < 4.78 is 2.37. The Morgan fingerprint density at radius 2 is 2.00 bits per heavy atom. The fraction of sp³-hybridized carbons (Fsp3) is 0.471. The van der Waals surface area contributed by atoms with Crippen molar-refractivity contribution in [2.75, 3.05) is 7.05 Å². The molecule has 1 aromatic heterocycles. The number of benzene rings is 1. The first-order valence-corrected chi connectivity index (χ1v) is 7.40. The van der Waals surface area contributed by atoms with E-state index >= 15 is 0 Å². The van der Waals surface area contributed by atoms with E-state index in [1.54, 1.807) is 0 Å². The van der Waals surface area contributed by atoms with Crippen LogP contribution in [0.5, 0.6) is 0 Å². The molecule has 3 heteroatoms.